The number of hydrogen-bond donors (Lipinski definition) is 1. The van der Waals surface area contributed by atoms with Crippen molar-refractivity contribution in [3.8, 4) is 0 Å². The molecule has 0 aliphatic heterocycles. The number of carbonyl (C=O) groups excluding carboxylic acids is 1. The summed E-state index contributed by atoms with van der Waals surface area (Å²) in [6.45, 7) is 0.735. The van der Waals surface area contributed by atoms with Gasteiger partial charge in [0.15, 0.2) is 5.76 Å². The number of aromatic nitrogens is 4. The minimum atomic E-state index is -2.97. The van der Waals surface area contributed by atoms with Gasteiger partial charge in [0.1, 0.15) is 17.1 Å². The van der Waals surface area contributed by atoms with Crippen molar-refractivity contribution in [2.45, 2.75) is 32.4 Å². The number of nitrogens with one attached hydrogen (secondary N) is 1. The summed E-state index contributed by atoms with van der Waals surface area (Å²) >= 11 is 0. The maximum absolute atomic E-state index is 13.0. The molecule has 3 heterocycles. The van der Waals surface area contributed by atoms with Gasteiger partial charge in [-0.15, -0.1) is 0 Å². The lowest BCUT2D eigenvalue weighted by Gasteiger charge is -2.05. The molecule has 0 spiro atoms. The number of amides is 1. The highest BCUT2D eigenvalue weighted by atomic mass is 19.3. The summed E-state index contributed by atoms with van der Waals surface area (Å²) < 4.78 is 59.2. The Labute approximate surface area is 156 Å². The van der Waals surface area contributed by atoms with Crippen molar-refractivity contribution in [3.05, 3.63) is 59.6 Å². The summed E-state index contributed by atoms with van der Waals surface area (Å²) in [6, 6.07) is 5.26. The van der Waals surface area contributed by atoms with Gasteiger partial charge in [-0.3, -0.25) is 14.2 Å². The van der Waals surface area contributed by atoms with Crippen LogP contribution in [0.4, 0.5) is 17.6 Å². The molecule has 3 aromatic rings. The minimum Gasteiger partial charge on any atom is -0.454 e. The van der Waals surface area contributed by atoms with E-state index in [0.29, 0.717) is 25.6 Å². The minimum absolute atomic E-state index is 0.00562. The molecule has 0 atom stereocenters. The van der Waals surface area contributed by atoms with Gasteiger partial charge in [0.2, 0.25) is 0 Å². The van der Waals surface area contributed by atoms with Gasteiger partial charge < -0.3 is 9.73 Å². The fraction of sp³-hybridized carbons (Fsp3) is 0.353. The van der Waals surface area contributed by atoms with Gasteiger partial charge in [-0.05, 0) is 30.7 Å². The van der Waals surface area contributed by atoms with Gasteiger partial charge >= 0.3 is 0 Å². The summed E-state index contributed by atoms with van der Waals surface area (Å²) in [5, 5.41) is 10.2. The van der Waals surface area contributed by atoms with Crippen LogP contribution >= 0.6 is 0 Å². The van der Waals surface area contributed by atoms with E-state index in [-0.39, 0.29) is 18.1 Å². The number of halogens is 4. The Morgan fingerprint density at radius 3 is 2.71 bits per heavy atom. The maximum Gasteiger partial charge on any atom is 0.286 e. The first kappa shape index (κ1) is 19.6. The zero-order valence-corrected chi connectivity index (χ0v) is 14.6. The Morgan fingerprint density at radius 1 is 1.21 bits per heavy atom. The largest absolute Gasteiger partial charge is 0.454 e. The summed E-state index contributed by atoms with van der Waals surface area (Å²) in [5.41, 5.74) is -1.38. The van der Waals surface area contributed by atoms with Crippen molar-refractivity contribution >= 4 is 5.91 Å². The quantitative estimate of drug-likeness (QED) is 0.442. The van der Waals surface area contributed by atoms with Crippen molar-refractivity contribution < 1.29 is 26.8 Å². The molecule has 7 nitrogen and oxygen atoms in total. The number of furan rings is 1. The molecule has 0 bridgehead atoms. The first-order valence-electron chi connectivity index (χ1n) is 8.42. The molecule has 1 amide bonds. The molecule has 3 rings (SSSR count). The molecular formula is C17H17F4N5O2. The van der Waals surface area contributed by atoms with E-state index in [9.17, 15) is 22.4 Å². The lowest BCUT2D eigenvalue weighted by Crippen LogP contribution is -2.24. The topological polar surface area (TPSA) is 77.9 Å². The van der Waals surface area contributed by atoms with Gasteiger partial charge in [-0.2, -0.15) is 10.2 Å². The lowest BCUT2D eigenvalue weighted by atomic mass is 10.3. The molecule has 150 valence electrons. The van der Waals surface area contributed by atoms with Crippen molar-refractivity contribution in [1.29, 1.82) is 0 Å². The molecule has 0 aliphatic rings. The molecule has 0 unspecified atom stereocenters. The van der Waals surface area contributed by atoms with E-state index in [1.165, 1.54) is 12.1 Å². The standard InChI is InChI=1S/C17H17F4N5O2/c18-15(19)12-9-13(16(20)21)26(24-12)10-11-3-4-14(28-11)17(27)22-5-1-7-25-8-2-6-23-25/h2-4,6,8-9,15-16H,1,5,7,10H2,(H,22,27). The second-order valence-electron chi connectivity index (χ2n) is 5.90. The van der Waals surface area contributed by atoms with Crippen LogP contribution in [0.2, 0.25) is 0 Å². The van der Waals surface area contributed by atoms with Gasteiger partial charge in [0.25, 0.3) is 18.8 Å². The molecule has 1 N–H and O–H groups in total. The first-order chi connectivity index (χ1) is 13.4. The molecule has 28 heavy (non-hydrogen) atoms. The normalized spacial score (nSPS) is 11.5. The van der Waals surface area contributed by atoms with E-state index in [0.717, 1.165) is 4.68 Å². The number of hydrogen-bond acceptors (Lipinski definition) is 4. The van der Waals surface area contributed by atoms with Gasteiger partial charge in [-0.1, -0.05) is 0 Å². The van der Waals surface area contributed by atoms with Crippen LogP contribution in [0.3, 0.4) is 0 Å². The third-order valence-corrected chi connectivity index (χ3v) is 3.88. The number of carbonyl (C=O) groups is 1. The Bertz CT molecular complexity index is 905. The van der Waals surface area contributed by atoms with Crippen LogP contribution in [0.15, 0.2) is 41.1 Å². The third kappa shape index (κ3) is 4.78. The summed E-state index contributed by atoms with van der Waals surface area (Å²) in [5.74, 6) is -0.323. The van der Waals surface area contributed by atoms with Crippen LogP contribution in [0.1, 0.15) is 47.0 Å². The SMILES string of the molecule is O=C(NCCCn1cccn1)c1ccc(Cn2nc(C(F)F)cc2C(F)F)o1. The van der Waals surface area contributed by atoms with Crippen molar-refractivity contribution in [2.75, 3.05) is 6.54 Å². The number of rotatable bonds is 9. The zero-order valence-electron chi connectivity index (χ0n) is 14.6. The van der Waals surface area contributed by atoms with Crippen molar-refractivity contribution in [1.82, 2.24) is 24.9 Å². The smallest absolute Gasteiger partial charge is 0.286 e. The second kappa shape index (κ2) is 8.72. The second-order valence-corrected chi connectivity index (χ2v) is 5.90. The third-order valence-electron chi connectivity index (χ3n) is 3.88. The molecule has 0 radical (unpaired) electrons. The molecule has 0 saturated heterocycles. The van der Waals surface area contributed by atoms with E-state index < -0.39 is 30.1 Å². The fourth-order valence-corrected chi connectivity index (χ4v) is 2.56. The van der Waals surface area contributed by atoms with Gasteiger partial charge in [0, 0.05) is 25.5 Å². The maximum atomic E-state index is 13.0. The Kier molecular flexibility index (Phi) is 6.12. The first-order valence-corrected chi connectivity index (χ1v) is 8.42. The fourth-order valence-electron chi connectivity index (χ4n) is 2.56. The predicted molar refractivity (Wildman–Crippen MR) is 89.1 cm³/mol. The number of aryl methyl sites for hydroxylation is 1. The van der Waals surface area contributed by atoms with Gasteiger partial charge in [-0.25, -0.2) is 17.6 Å². The van der Waals surface area contributed by atoms with Crippen molar-refractivity contribution in [3.63, 3.8) is 0 Å². The summed E-state index contributed by atoms with van der Waals surface area (Å²) in [4.78, 5) is 12.1. The Morgan fingerprint density at radius 2 is 2.04 bits per heavy atom. The predicted octanol–water partition coefficient (Wildman–Crippen LogP) is 3.42. The molecule has 3 aromatic heterocycles. The summed E-state index contributed by atoms with van der Waals surface area (Å²) in [6.07, 6.45) is -1.80. The lowest BCUT2D eigenvalue weighted by molar-refractivity contribution is 0.0922. The highest BCUT2D eigenvalue weighted by Crippen LogP contribution is 2.25. The summed E-state index contributed by atoms with van der Waals surface area (Å²) in [7, 11) is 0. The highest BCUT2D eigenvalue weighted by molar-refractivity contribution is 5.91. The molecule has 0 fully saturated rings. The van der Waals surface area contributed by atoms with E-state index >= 15 is 0 Å². The number of alkyl halides is 4. The van der Waals surface area contributed by atoms with Crippen LogP contribution in [-0.4, -0.2) is 32.0 Å². The molecule has 0 aromatic carbocycles. The van der Waals surface area contributed by atoms with Crippen LogP contribution in [0, 0.1) is 0 Å². The van der Waals surface area contributed by atoms with E-state index in [4.69, 9.17) is 4.42 Å². The Balaban J connectivity index is 1.57. The highest BCUT2D eigenvalue weighted by Gasteiger charge is 2.22. The van der Waals surface area contributed by atoms with Crippen LogP contribution in [-0.2, 0) is 13.1 Å². The molecule has 0 aliphatic carbocycles. The number of nitrogens with zero attached hydrogens (tertiary/aromatic N) is 4. The average Bonchev–Trinajstić information content (AvgIpc) is 3.39. The average molecular weight is 399 g/mol. The molecule has 0 saturated carbocycles. The van der Waals surface area contributed by atoms with Crippen molar-refractivity contribution in [2.24, 2.45) is 0 Å². The molecular weight excluding hydrogens is 382 g/mol. The van der Waals surface area contributed by atoms with Crippen LogP contribution in [0.25, 0.3) is 0 Å². The van der Waals surface area contributed by atoms with Crippen LogP contribution in [0.5, 0.6) is 0 Å². The van der Waals surface area contributed by atoms with E-state index in [1.54, 1.807) is 16.9 Å². The zero-order chi connectivity index (χ0) is 20.1. The van der Waals surface area contributed by atoms with Crippen LogP contribution < -0.4 is 5.32 Å². The monoisotopic (exact) mass is 399 g/mol. The van der Waals surface area contributed by atoms with Gasteiger partial charge in [0.05, 0.1) is 6.54 Å². The van der Waals surface area contributed by atoms with E-state index in [2.05, 4.69) is 15.5 Å². The van der Waals surface area contributed by atoms with E-state index in [1.807, 2.05) is 6.20 Å². The molecule has 11 heteroatoms. The Hall–Kier alpha value is -3.11.